The van der Waals surface area contributed by atoms with Crippen LogP contribution in [-0.4, -0.2) is 48.5 Å². The fourth-order valence-electron chi connectivity index (χ4n) is 2.60. The molecule has 0 aromatic heterocycles. The minimum atomic E-state index is -4.02. The van der Waals surface area contributed by atoms with Crippen LogP contribution in [0.15, 0.2) is 65.2 Å². The molecule has 0 radical (unpaired) electrons. The Bertz CT molecular complexity index is 1050. The van der Waals surface area contributed by atoms with Gasteiger partial charge < -0.3 is 15.5 Å². The third-order valence-corrected chi connectivity index (χ3v) is 5.34. The van der Waals surface area contributed by atoms with Gasteiger partial charge in [0.05, 0.1) is 18.8 Å². The molecule has 1 aliphatic rings. The Labute approximate surface area is 161 Å². The molecule has 9 nitrogen and oxygen atoms in total. The molecule has 0 aliphatic carbocycles. The Morgan fingerprint density at radius 1 is 1.00 bits per heavy atom. The number of carbonyl (C=O) groups excluding carboxylic acids is 2. The van der Waals surface area contributed by atoms with Gasteiger partial charge in [0.2, 0.25) is 0 Å². The summed E-state index contributed by atoms with van der Waals surface area (Å²) in [4.78, 5) is 24.8. The molecule has 10 heteroatoms. The van der Waals surface area contributed by atoms with Crippen molar-refractivity contribution in [1.29, 1.82) is 0 Å². The van der Waals surface area contributed by atoms with Gasteiger partial charge in [-0.3, -0.25) is 19.2 Å². The summed E-state index contributed by atoms with van der Waals surface area (Å²) in [6, 6.07) is 11.4. The van der Waals surface area contributed by atoms with Crippen LogP contribution in [0.2, 0.25) is 0 Å². The van der Waals surface area contributed by atoms with Crippen molar-refractivity contribution in [2.45, 2.75) is 4.90 Å². The Balaban J connectivity index is 1.87. The molecule has 146 valence electrons. The smallest absolute Gasteiger partial charge is 0.277 e. The molecule has 0 unspecified atom stereocenters. The molecule has 2 amide bonds. The number of hydrogen-bond acceptors (Lipinski definition) is 7. The van der Waals surface area contributed by atoms with Crippen LogP contribution >= 0.6 is 0 Å². The molecule has 0 bridgehead atoms. The second kappa shape index (κ2) is 7.71. The molecule has 3 rings (SSSR count). The first kappa shape index (κ1) is 19.4. The van der Waals surface area contributed by atoms with E-state index in [1.54, 1.807) is 6.07 Å². The van der Waals surface area contributed by atoms with E-state index < -0.39 is 21.8 Å². The molecule has 28 heavy (non-hydrogen) atoms. The van der Waals surface area contributed by atoms with Gasteiger partial charge in [-0.05, 0) is 36.4 Å². The zero-order valence-corrected chi connectivity index (χ0v) is 15.3. The van der Waals surface area contributed by atoms with Crippen molar-refractivity contribution in [2.24, 2.45) is 0 Å². The predicted octanol–water partition coefficient (Wildman–Crippen LogP) is 0.850. The lowest BCUT2D eigenvalue weighted by Gasteiger charge is -2.16. The summed E-state index contributed by atoms with van der Waals surface area (Å²) in [5.74, 6) is -1.25. The van der Waals surface area contributed by atoms with Crippen LogP contribution in [0, 0.1) is 0 Å². The summed E-state index contributed by atoms with van der Waals surface area (Å²) in [5, 5.41) is 20.9. The number of hydrogen-bond donors (Lipinski definition) is 4. The van der Waals surface area contributed by atoms with Gasteiger partial charge >= 0.3 is 0 Å². The first-order valence-corrected chi connectivity index (χ1v) is 9.66. The van der Waals surface area contributed by atoms with Gasteiger partial charge in [0.25, 0.3) is 21.8 Å². The number of rotatable bonds is 7. The Morgan fingerprint density at radius 2 is 1.68 bits per heavy atom. The topological polar surface area (TPSA) is 136 Å². The molecule has 0 saturated carbocycles. The molecule has 2 aromatic rings. The maximum atomic E-state index is 12.8. The van der Waals surface area contributed by atoms with Gasteiger partial charge in [-0.15, -0.1) is 0 Å². The highest BCUT2D eigenvalue weighted by Crippen LogP contribution is 2.26. The van der Waals surface area contributed by atoms with Crippen LogP contribution < -0.4 is 10.0 Å². The van der Waals surface area contributed by atoms with Crippen molar-refractivity contribution in [3.05, 3.63) is 60.3 Å². The lowest BCUT2D eigenvalue weighted by molar-refractivity contribution is -0.137. The van der Waals surface area contributed by atoms with E-state index in [0.717, 1.165) is 11.0 Å². The molecule has 0 saturated heterocycles. The van der Waals surface area contributed by atoms with Crippen molar-refractivity contribution in [1.82, 2.24) is 4.90 Å². The fourth-order valence-corrected chi connectivity index (χ4v) is 3.82. The third kappa shape index (κ3) is 3.97. The quantitative estimate of drug-likeness (QED) is 0.397. The van der Waals surface area contributed by atoms with E-state index in [1.807, 2.05) is 0 Å². The number of nitrogens with zero attached hydrogens (tertiary/aromatic N) is 1. The van der Waals surface area contributed by atoms with E-state index in [0.29, 0.717) is 0 Å². The van der Waals surface area contributed by atoms with Crippen molar-refractivity contribution in [2.75, 3.05) is 23.2 Å². The number of para-hydroxylation sites is 1. The minimum Gasteiger partial charge on any atom is -0.508 e. The van der Waals surface area contributed by atoms with Crippen molar-refractivity contribution in [3.8, 4) is 5.75 Å². The first-order valence-electron chi connectivity index (χ1n) is 8.18. The highest BCUT2D eigenvalue weighted by molar-refractivity contribution is 7.92. The number of phenols is 1. The number of sulfonamides is 1. The van der Waals surface area contributed by atoms with E-state index in [4.69, 9.17) is 5.11 Å². The number of carbonyl (C=O) groups is 2. The predicted molar refractivity (Wildman–Crippen MR) is 101 cm³/mol. The standard InChI is InChI=1S/C18H17N3O6S/c22-10-9-21-17(24)11-15(18(21)25)19-14-3-1-2-4-16(14)28(26,27)20-12-5-7-13(23)8-6-12/h1-8,11,19-20,22-23H,9-10H2. The van der Waals surface area contributed by atoms with Crippen LogP contribution in [-0.2, 0) is 19.6 Å². The molecule has 1 heterocycles. The summed E-state index contributed by atoms with van der Waals surface area (Å²) >= 11 is 0. The SMILES string of the molecule is O=C1C=C(Nc2ccccc2S(=O)(=O)Nc2ccc(O)cc2)C(=O)N1CCO. The molecule has 0 fully saturated rings. The van der Waals surface area contributed by atoms with Crippen LogP contribution in [0.1, 0.15) is 0 Å². The second-order valence-corrected chi connectivity index (χ2v) is 7.50. The largest absolute Gasteiger partial charge is 0.508 e. The van der Waals surface area contributed by atoms with E-state index in [2.05, 4.69) is 10.0 Å². The second-order valence-electron chi connectivity index (χ2n) is 5.85. The average Bonchev–Trinajstić information content (AvgIpc) is 2.92. The van der Waals surface area contributed by atoms with E-state index >= 15 is 0 Å². The summed E-state index contributed by atoms with van der Waals surface area (Å²) in [7, 11) is -4.02. The monoisotopic (exact) mass is 403 g/mol. The maximum Gasteiger partial charge on any atom is 0.277 e. The summed E-state index contributed by atoms with van der Waals surface area (Å²) < 4.78 is 27.9. The minimum absolute atomic E-state index is 0.00574. The number of β-amino-alcohol motifs (C(OH)–C–C–N with tert-alkyl or cyclic N) is 1. The van der Waals surface area contributed by atoms with Gasteiger partial charge in [0.15, 0.2) is 0 Å². The third-order valence-electron chi connectivity index (χ3n) is 3.90. The number of aliphatic hydroxyl groups is 1. The van der Waals surface area contributed by atoms with E-state index in [-0.39, 0.29) is 40.9 Å². The molecular weight excluding hydrogens is 386 g/mol. The van der Waals surface area contributed by atoms with Crippen LogP contribution in [0.5, 0.6) is 5.75 Å². The van der Waals surface area contributed by atoms with Crippen LogP contribution in [0.4, 0.5) is 11.4 Å². The van der Waals surface area contributed by atoms with Gasteiger partial charge in [-0.1, -0.05) is 12.1 Å². The zero-order valence-electron chi connectivity index (χ0n) is 14.5. The van der Waals surface area contributed by atoms with Crippen molar-refractivity contribution in [3.63, 3.8) is 0 Å². The summed E-state index contributed by atoms with van der Waals surface area (Å²) in [6.07, 6.45) is 1.05. The van der Waals surface area contributed by atoms with Crippen molar-refractivity contribution < 1.29 is 28.2 Å². The number of phenolic OH excluding ortho intramolecular Hbond substituents is 1. The molecule has 1 aliphatic heterocycles. The first-order chi connectivity index (χ1) is 13.3. The number of amides is 2. The zero-order chi connectivity index (χ0) is 20.3. The number of nitrogens with one attached hydrogen (secondary N) is 2. The van der Waals surface area contributed by atoms with Gasteiger partial charge in [0, 0.05) is 11.8 Å². The van der Waals surface area contributed by atoms with E-state index in [1.165, 1.54) is 42.5 Å². The number of anilines is 2. The molecule has 2 aromatic carbocycles. The lowest BCUT2D eigenvalue weighted by Crippen LogP contribution is -2.34. The Morgan fingerprint density at radius 3 is 2.36 bits per heavy atom. The van der Waals surface area contributed by atoms with Crippen molar-refractivity contribution >= 4 is 33.2 Å². The average molecular weight is 403 g/mol. The molecular formula is C18H17N3O6S. The van der Waals surface area contributed by atoms with Gasteiger partial charge in [-0.2, -0.15) is 0 Å². The van der Waals surface area contributed by atoms with E-state index in [9.17, 15) is 23.1 Å². The number of aromatic hydroxyl groups is 1. The highest BCUT2D eigenvalue weighted by atomic mass is 32.2. The van der Waals surface area contributed by atoms with Gasteiger partial charge in [-0.25, -0.2) is 8.42 Å². The van der Waals surface area contributed by atoms with Crippen LogP contribution in [0.25, 0.3) is 0 Å². The number of benzene rings is 2. The summed E-state index contributed by atoms with van der Waals surface area (Å²) in [6.45, 7) is -0.526. The molecule has 0 atom stereocenters. The fraction of sp³-hybridized carbons (Fsp3) is 0.111. The number of aliphatic hydroxyl groups excluding tert-OH is 1. The molecule has 0 spiro atoms. The summed E-state index contributed by atoms with van der Waals surface area (Å²) in [5.41, 5.74) is 0.255. The normalized spacial score (nSPS) is 14.2. The Kier molecular flexibility index (Phi) is 5.34. The van der Waals surface area contributed by atoms with Crippen LogP contribution in [0.3, 0.4) is 0 Å². The molecule has 4 N–H and O–H groups in total. The Hall–Kier alpha value is -3.37. The highest BCUT2D eigenvalue weighted by Gasteiger charge is 2.31. The maximum absolute atomic E-state index is 12.8. The number of imide groups is 1. The lowest BCUT2D eigenvalue weighted by atomic mass is 10.3. The van der Waals surface area contributed by atoms with Gasteiger partial charge in [0.1, 0.15) is 16.3 Å².